The van der Waals surface area contributed by atoms with Crippen LogP contribution in [0.3, 0.4) is 0 Å². The molecule has 0 unspecified atom stereocenters. The van der Waals surface area contributed by atoms with Crippen LogP contribution >= 0.6 is 0 Å². The van der Waals surface area contributed by atoms with Crippen LogP contribution in [-0.4, -0.2) is 40.3 Å². The monoisotopic (exact) mass is 432 g/mol. The Kier molecular flexibility index (Phi) is 8.72. The van der Waals surface area contributed by atoms with Crippen molar-refractivity contribution in [3.63, 3.8) is 0 Å². The highest BCUT2D eigenvalue weighted by Crippen LogP contribution is 2.19. The van der Waals surface area contributed by atoms with Crippen LogP contribution in [0.5, 0.6) is 5.75 Å². The van der Waals surface area contributed by atoms with E-state index in [4.69, 9.17) is 4.74 Å². The average Bonchev–Trinajstić information content (AvgIpc) is 2.70. The van der Waals surface area contributed by atoms with Crippen molar-refractivity contribution in [2.45, 2.75) is 40.0 Å². The lowest BCUT2D eigenvalue weighted by atomic mass is 10.1. The zero-order valence-electron chi connectivity index (χ0n) is 18.3. The molecule has 1 amide bonds. The highest BCUT2D eigenvalue weighted by atomic mass is 32.2. The number of aryl methyl sites for hydroxylation is 3. The molecule has 7 heteroatoms. The van der Waals surface area contributed by atoms with Gasteiger partial charge in [0.05, 0.1) is 18.5 Å². The van der Waals surface area contributed by atoms with Crippen molar-refractivity contribution in [1.29, 1.82) is 0 Å². The normalized spacial score (nSPS) is 11.2. The second kappa shape index (κ2) is 11.0. The molecular weight excluding hydrogens is 400 g/mol. The summed E-state index contributed by atoms with van der Waals surface area (Å²) in [7, 11) is -3.41. The molecule has 0 saturated carbocycles. The standard InChI is InChI=1S/C23H32N2O4S/c1-5-20-9-11-21(12-10-20)25(30(4,27)28)15-6-7-23(26)24-14-16-29-22-13-8-18(2)19(3)17-22/h8-13,17H,5-7,14-16H2,1-4H3,(H,24,26). The van der Waals surface area contributed by atoms with Gasteiger partial charge in [-0.3, -0.25) is 9.10 Å². The first-order valence-corrected chi connectivity index (χ1v) is 12.1. The van der Waals surface area contributed by atoms with Crippen molar-refractivity contribution in [2.75, 3.05) is 30.3 Å². The van der Waals surface area contributed by atoms with Crippen molar-refractivity contribution < 1.29 is 17.9 Å². The van der Waals surface area contributed by atoms with Crippen LogP contribution in [0.2, 0.25) is 0 Å². The Morgan fingerprint density at radius 2 is 1.77 bits per heavy atom. The third-order valence-electron chi connectivity index (χ3n) is 4.97. The molecule has 0 spiro atoms. The van der Waals surface area contributed by atoms with E-state index < -0.39 is 10.0 Å². The van der Waals surface area contributed by atoms with Gasteiger partial charge in [-0.15, -0.1) is 0 Å². The Hall–Kier alpha value is -2.54. The predicted molar refractivity (Wildman–Crippen MR) is 122 cm³/mol. The number of rotatable bonds is 11. The van der Waals surface area contributed by atoms with Crippen molar-refractivity contribution in [3.05, 3.63) is 59.2 Å². The molecule has 0 radical (unpaired) electrons. The molecule has 0 bridgehead atoms. The number of benzene rings is 2. The molecular formula is C23H32N2O4S. The van der Waals surface area contributed by atoms with E-state index in [-0.39, 0.29) is 18.9 Å². The first-order valence-electron chi connectivity index (χ1n) is 10.2. The molecule has 0 atom stereocenters. The molecule has 0 saturated heterocycles. The van der Waals surface area contributed by atoms with Crippen LogP contribution < -0.4 is 14.4 Å². The van der Waals surface area contributed by atoms with Crippen LogP contribution in [0, 0.1) is 13.8 Å². The van der Waals surface area contributed by atoms with Gasteiger partial charge in [-0.1, -0.05) is 25.1 Å². The number of nitrogens with one attached hydrogen (secondary N) is 1. The molecule has 0 aliphatic carbocycles. The molecule has 2 aromatic rings. The van der Waals surface area contributed by atoms with E-state index in [2.05, 4.69) is 12.2 Å². The molecule has 2 rings (SSSR count). The van der Waals surface area contributed by atoms with Crippen LogP contribution in [0.4, 0.5) is 5.69 Å². The number of hydrogen-bond donors (Lipinski definition) is 1. The van der Waals surface area contributed by atoms with E-state index in [9.17, 15) is 13.2 Å². The van der Waals surface area contributed by atoms with Crippen molar-refractivity contribution in [3.8, 4) is 5.75 Å². The third kappa shape index (κ3) is 7.37. The number of nitrogens with zero attached hydrogens (tertiary/aromatic N) is 1. The molecule has 0 aliphatic rings. The number of amides is 1. The van der Waals surface area contributed by atoms with E-state index >= 15 is 0 Å². The quantitative estimate of drug-likeness (QED) is 0.551. The van der Waals surface area contributed by atoms with Crippen LogP contribution in [0.15, 0.2) is 42.5 Å². The molecule has 0 aliphatic heterocycles. The van der Waals surface area contributed by atoms with Gasteiger partial charge < -0.3 is 10.1 Å². The lowest BCUT2D eigenvalue weighted by Crippen LogP contribution is -2.32. The van der Waals surface area contributed by atoms with Gasteiger partial charge in [0.2, 0.25) is 15.9 Å². The predicted octanol–water partition coefficient (Wildman–Crippen LogP) is 3.61. The largest absolute Gasteiger partial charge is 0.492 e. The number of anilines is 1. The molecule has 30 heavy (non-hydrogen) atoms. The maximum absolute atomic E-state index is 12.2. The average molecular weight is 433 g/mol. The van der Waals surface area contributed by atoms with Crippen molar-refractivity contribution in [1.82, 2.24) is 5.32 Å². The second-order valence-corrected chi connectivity index (χ2v) is 9.31. The summed E-state index contributed by atoms with van der Waals surface area (Å²) in [6.45, 7) is 7.17. The van der Waals surface area contributed by atoms with Gasteiger partial charge in [0.15, 0.2) is 0 Å². The van der Waals surface area contributed by atoms with Gasteiger partial charge in [-0.05, 0) is 67.6 Å². The Balaban J connectivity index is 1.76. The van der Waals surface area contributed by atoms with E-state index in [0.29, 0.717) is 25.3 Å². The fourth-order valence-electron chi connectivity index (χ4n) is 3.02. The summed E-state index contributed by atoms with van der Waals surface area (Å²) in [4.78, 5) is 12.1. The maximum atomic E-state index is 12.2. The summed E-state index contributed by atoms with van der Waals surface area (Å²) >= 11 is 0. The first-order chi connectivity index (χ1) is 14.2. The minimum atomic E-state index is -3.41. The van der Waals surface area contributed by atoms with Crippen LogP contribution in [-0.2, 0) is 21.2 Å². The van der Waals surface area contributed by atoms with E-state index in [1.54, 1.807) is 0 Å². The van der Waals surface area contributed by atoms with E-state index in [0.717, 1.165) is 23.3 Å². The smallest absolute Gasteiger partial charge is 0.232 e. The van der Waals surface area contributed by atoms with Gasteiger partial charge in [0.1, 0.15) is 12.4 Å². The molecule has 1 N–H and O–H groups in total. The van der Waals surface area contributed by atoms with Gasteiger partial charge in [0, 0.05) is 13.0 Å². The molecule has 164 valence electrons. The summed E-state index contributed by atoms with van der Waals surface area (Å²) in [5, 5.41) is 2.81. The van der Waals surface area contributed by atoms with Gasteiger partial charge in [0.25, 0.3) is 0 Å². The summed E-state index contributed by atoms with van der Waals surface area (Å²) < 4.78 is 31.3. The molecule has 0 fully saturated rings. The van der Waals surface area contributed by atoms with E-state index in [1.165, 1.54) is 16.1 Å². The minimum Gasteiger partial charge on any atom is -0.492 e. The Bertz CT molecular complexity index is 940. The third-order valence-corrected chi connectivity index (χ3v) is 6.16. The van der Waals surface area contributed by atoms with Gasteiger partial charge >= 0.3 is 0 Å². The first kappa shape index (κ1) is 23.7. The number of carbonyl (C=O) groups is 1. The Labute approximate surface area is 180 Å². The summed E-state index contributed by atoms with van der Waals surface area (Å²) in [6, 6.07) is 13.4. The minimum absolute atomic E-state index is 0.117. The SMILES string of the molecule is CCc1ccc(N(CCCC(=O)NCCOc2ccc(C)c(C)c2)S(C)(=O)=O)cc1. The number of carbonyl (C=O) groups excluding carboxylic acids is 1. The fourth-order valence-corrected chi connectivity index (χ4v) is 3.98. The summed E-state index contributed by atoms with van der Waals surface area (Å²) in [5.74, 6) is 0.665. The fraction of sp³-hybridized carbons (Fsp3) is 0.435. The zero-order valence-corrected chi connectivity index (χ0v) is 19.1. The highest BCUT2D eigenvalue weighted by Gasteiger charge is 2.17. The lowest BCUT2D eigenvalue weighted by Gasteiger charge is -2.22. The van der Waals surface area contributed by atoms with Crippen molar-refractivity contribution in [2.24, 2.45) is 0 Å². The van der Waals surface area contributed by atoms with Gasteiger partial charge in [-0.2, -0.15) is 0 Å². The van der Waals surface area contributed by atoms with Gasteiger partial charge in [-0.25, -0.2) is 8.42 Å². The maximum Gasteiger partial charge on any atom is 0.232 e. The number of hydrogen-bond acceptors (Lipinski definition) is 4. The molecule has 2 aromatic carbocycles. The molecule has 0 aromatic heterocycles. The number of sulfonamides is 1. The summed E-state index contributed by atoms with van der Waals surface area (Å²) in [6.07, 6.45) is 2.77. The number of ether oxygens (including phenoxy) is 1. The second-order valence-electron chi connectivity index (χ2n) is 7.40. The lowest BCUT2D eigenvalue weighted by molar-refractivity contribution is -0.121. The van der Waals surface area contributed by atoms with Crippen LogP contribution in [0.25, 0.3) is 0 Å². The van der Waals surface area contributed by atoms with Crippen molar-refractivity contribution >= 4 is 21.6 Å². The highest BCUT2D eigenvalue weighted by molar-refractivity contribution is 7.92. The zero-order chi connectivity index (χ0) is 22.1. The van der Waals surface area contributed by atoms with E-state index in [1.807, 2.05) is 56.3 Å². The molecule has 6 nitrogen and oxygen atoms in total. The Morgan fingerprint density at radius 1 is 1.07 bits per heavy atom. The topological polar surface area (TPSA) is 75.7 Å². The Morgan fingerprint density at radius 3 is 2.37 bits per heavy atom. The molecule has 0 heterocycles. The summed E-state index contributed by atoms with van der Waals surface area (Å²) in [5.41, 5.74) is 4.14. The van der Waals surface area contributed by atoms with Crippen LogP contribution in [0.1, 0.15) is 36.5 Å².